The van der Waals surface area contributed by atoms with Crippen molar-refractivity contribution in [1.29, 1.82) is 0 Å². The van der Waals surface area contributed by atoms with Crippen LogP contribution in [0.5, 0.6) is 0 Å². The van der Waals surface area contributed by atoms with Crippen LogP contribution in [0.25, 0.3) is 0 Å². The molecule has 0 saturated heterocycles. The number of nitrogens with one attached hydrogen (secondary N) is 1. The normalized spacial score (nSPS) is 17.5. The van der Waals surface area contributed by atoms with E-state index in [9.17, 15) is 0 Å². The highest BCUT2D eigenvalue weighted by Crippen LogP contribution is 2.25. The van der Waals surface area contributed by atoms with Crippen LogP contribution in [0.4, 0.5) is 0 Å². The number of ether oxygens (including phenoxy) is 2. The molecule has 0 bridgehead atoms. The zero-order chi connectivity index (χ0) is 12.2. The van der Waals surface area contributed by atoms with Crippen LogP contribution < -0.4 is 5.32 Å². The third-order valence-electron chi connectivity index (χ3n) is 3.51. The van der Waals surface area contributed by atoms with Crippen LogP contribution >= 0.6 is 0 Å². The zero-order valence-corrected chi connectivity index (χ0v) is 11.4. The number of hydrogen-bond acceptors (Lipinski definition) is 3. The fourth-order valence-corrected chi connectivity index (χ4v) is 2.46. The number of hydrogen-bond donors (Lipinski definition) is 1. The second-order valence-corrected chi connectivity index (χ2v) is 5.00. The number of rotatable bonds is 10. The van der Waals surface area contributed by atoms with E-state index in [1.54, 1.807) is 7.11 Å². The molecule has 0 spiro atoms. The van der Waals surface area contributed by atoms with E-state index in [1.807, 2.05) is 0 Å². The first-order valence-corrected chi connectivity index (χ1v) is 7.21. The quantitative estimate of drug-likeness (QED) is 0.598. The lowest BCUT2D eigenvalue weighted by Crippen LogP contribution is -2.23. The maximum absolute atomic E-state index is 5.49. The lowest BCUT2D eigenvalue weighted by Gasteiger charge is -2.21. The van der Waals surface area contributed by atoms with Gasteiger partial charge in [-0.3, -0.25) is 0 Å². The maximum atomic E-state index is 5.49. The molecule has 0 aliphatic heterocycles. The van der Waals surface area contributed by atoms with Crippen molar-refractivity contribution >= 4 is 0 Å². The van der Waals surface area contributed by atoms with Gasteiger partial charge >= 0.3 is 0 Å². The van der Waals surface area contributed by atoms with E-state index in [-0.39, 0.29) is 0 Å². The minimum absolute atomic E-state index is 0.801. The molecule has 3 nitrogen and oxygen atoms in total. The Morgan fingerprint density at radius 3 is 2.59 bits per heavy atom. The Morgan fingerprint density at radius 2 is 1.82 bits per heavy atom. The second-order valence-electron chi connectivity index (χ2n) is 5.00. The summed E-state index contributed by atoms with van der Waals surface area (Å²) in [5.74, 6) is 0.985. The van der Waals surface area contributed by atoms with Crippen LogP contribution in [0, 0.1) is 5.92 Å². The molecule has 0 radical (unpaired) electrons. The van der Waals surface area contributed by atoms with Gasteiger partial charge in [0.15, 0.2) is 0 Å². The van der Waals surface area contributed by atoms with Gasteiger partial charge in [-0.05, 0) is 25.3 Å². The highest BCUT2D eigenvalue weighted by Gasteiger charge is 2.12. The van der Waals surface area contributed by atoms with Gasteiger partial charge in [-0.15, -0.1) is 0 Å². The predicted molar refractivity (Wildman–Crippen MR) is 71.4 cm³/mol. The fourth-order valence-electron chi connectivity index (χ4n) is 2.46. The molecule has 1 aliphatic carbocycles. The molecule has 0 aromatic carbocycles. The smallest absolute Gasteiger partial charge is 0.0590 e. The number of methoxy groups -OCH3 is 1. The molecule has 1 fully saturated rings. The SMILES string of the molecule is COCCCOCCNCCC1CCCCC1. The van der Waals surface area contributed by atoms with E-state index in [1.165, 1.54) is 38.5 Å². The highest BCUT2D eigenvalue weighted by atomic mass is 16.5. The molecule has 0 aromatic rings. The van der Waals surface area contributed by atoms with Gasteiger partial charge in [-0.25, -0.2) is 0 Å². The fraction of sp³-hybridized carbons (Fsp3) is 1.00. The first kappa shape index (κ1) is 14.9. The van der Waals surface area contributed by atoms with Gasteiger partial charge in [0.05, 0.1) is 6.61 Å². The van der Waals surface area contributed by atoms with Crippen molar-refractivity contribution in [2.45, 2.75) is 44.9 Å². The summed E-state index contributed by atoms with van der Waals surface area (Å²) < 4.78 is 10.4. The Kier molecular flexibility index (Phi) is 9.66. The molecule has 3 heteroatoms. The van der Waals surface area contributed by atoms with Gasteiger partial charge in [0.25, 0.3) is 0 Å². The maximum Gasteiger partial charge on any atom is 0.0590 e. The standard InChI is InChI=1S/C14H29NO2/c1-16-11-5-12-17-13-10-15-9-8-14-6-3-2-4-7-14/h14-15H,2-13H2,1H3. The molecule has 0 heterocycles. The minimum Gasteiger partial charge on any atom is -0.385 e. The van der Waals surface area contributed by atoms with Gasteiger partial charge < -0.3 is 14.8 Å². The molecule has 17 heavy (non-hydrogen) atoms. The molecule has 1 rings (SSSR count). The summed E-state index contributed by atoms with van der Waals surface area (Å²) in [5.41, 5.74) is 0. The van der Waals surface area contributed by atoms with Gasteiger partial charge in [-0.1, -0.05) is 32.1 Å². The first-order chi connectivity index (χ1) is 8.43. The second kappa shape index (κ2) is 11.0. The predicted octanol–water partition coefficient (Wildman–Crippen LogP) is 2.60. The topological polar surface area (TPSA) is 30.5 Å². The lowest BCUT2D eigenvalue weighted by molar-refractivity contribution is 0.104. The molecule has 0 aromatic heterocycles. The van der Waals surface area contributed by atoms with Gasteiger partial charge in [-0.2, -0.15) is 0 Å². The van der Waals surface area contributed by atoms with Crippen molar-refractivity contribution in [2.75, 3.05) is 40.0 Å². The first-order valence-electron chi connectivity index (χ1n) is 7.21. The van der Waals surface area contributed by atoms with E-state index >= 15 is 0 Å². The lowest BCUT2D eigenvalue weighted by atomic mass is 9.87. The molecule has 1 aliphatic rings. The summed E-state index contributed by atoms with van der Waals surface area (Å²) in [4.78, 5) is 0. The zero-order valence-electron chi connectivity index (χ0n) is 11.4. The summed E-state index contributed by atoms with van der Waals surface area (Å²) in [7, 11) is 1.73. The molecular weight excluding hydrogens is 214 g/mol. The molecular formula is C14H29NO2. The molecule has 1 N–H and O–H groups in total. The summed E-state index contributed by atoms with van der Waals surface area (Å²) >= 11 is 0. The Morgan fingerprint density at radius 1 is 1.00 bits per heavy atom. The van der Waals surface area contributed by atoms with Crippen molar-refractivity contribution < 1.29 is 9.47 Å². The molecule has 0 atom stereocenters. The van der Waals surface area contributed by atoms with Crippen LogP contribution in [-0.2, 0) is 9.47 Å². The highest BCUT2D eigenvalue weighted by molar-refractivity contribution is 4.66. The van der Waals surface area contributed by atoms with Crippen LogP contribution in [0.15, 0.2) is 0 Å². The van der Waals surface area contributed by atoms with Crippen LogP contribution in [-0.4, -0.2) is 40.0 Å². The largest absolute Gasteiger partial charge is 0.385 e. The Bertz CT molecular complexity index is 158. The third-order valence-corrected chi connectivity index (χ3v) is 3.51. The molecule has 0 amide bonds. The Hall–Kier alpha value is -0.120. The van der Waals surface area contributed by atoms with E-state index in [2.05, 4.69) is 5.32 Å². The van der Waals surface area contributed by atoms with Crippen molar-refractivity contribution in [1.82, 2.24) is 5.32 Å². The van der Waals surface area contributed by atoms with Crippen molar-refractivity contribution in [3.63, 3.8) is 0 Å². The van der Waals surface area contributed by atoms with Crippen LogP contribution in [0.2, 0.25) is 0 Å². The monoisotopic (exact) mass is 243 g/mol. The van der Waals surface area contributed by atoms with E-state index < -0.39 is 0 Å². The summed E-state index contributed by atoms with van der Waals surface area (Å²) in [5, 5.41) is 3.47. The van der Waals surface area contributed by atoms with E-state index in [4.69, 9.17) is 9.47 Å². The minimum atomic E-state index is 0.801. The van der Waals surface area contributed by atoms with Gasteiger partial charge in [0.2, 0.25) is 0 Å². The molecule has 1 saturated carbocycles. The van der Waals surface area contributed by atoms with Gasteiger partial charge in [0.1, 0.15) is 0 Å². The average Bonchev–Trinajstić information content (AvgIpc) is 2.38. The summed E-state index contributed by atoms with van der Waals surface area (Å²) in [6.07, 6.45) is 9.62. The van der Waals surface area contributed by atoms with E-state index in [0.717, 1.165) is 45.2 Å². The molecule has 0 unspecified atom stereocenters. The molecule has 102 valence electrons. The van der Waals surface area contributed by atoms with Gasteiger partial charge in [0, 0.05) is 26.9 Å². The Balaban J connectivity index is 1.75. The van der Waals surface area contributed by atoms with E-state index in [0.29, 0.717) is 0 Å². The van der Waals surface area contributed by atoms with Crippen LogP contribution in [0.1, 0.15) is 44.9 Å². The third kappa shape index (κ3) is 8.58. The van der Waals surface area contributed by atoms with Crippen molar-refractivity contribution in [3.05, 3.63) is 0 Å². The van der Waals surface area contributed by atoms with Crippen molar-refractivity contribution in [2.24, 2.45) is 5.92 Å². The Labute approximate surface area is 106 Å². The summed E-state index contributed by atoms with van der Waals surface area (Å²) in [6.45, 7) is 4.59. The summed E-state index contributed by atoms with van der Waals surface area (Å²) in [6, 6.07) is 0. The van der Waals surface area contributed by atoms with Crippen molar-refractivity contribution in [3.8, 4) is 0 Å². The average molecular weight is 243 g/mol. The van der Waals surface area contributed by atoms with Crippen LogP contribution in [0.3, 0.4) is 0 Å².